The van der Waals surface area contributed by atoms with Crippen LogP contribution >= 0.6 is 0 Å². The van der Waals surface area contributed by atoms with Crippen LogP contribution in [-0.2, 0) is 14.8 Å². The van der Waals surface area contributed by atoms with Gasteiger partial charge in [-0.25, -0.2) is 13.2 Å². The Kier molecular flexibility index (Phi) is 5.38. The number of phenolic OH excluding ortho intramolecular Hbond substituents is 1. The van der Waals surface area contributed by atoms with E-state index in [1.807, 2.05) is 4.98 Å². The number of para-hydroxylation sites is 2. The molecule has 1 fully saturated rings. The Morgan fingerprint density at radius 3 is 2.64 bits per heavy atom. The third-order valence-electron chi connectivity index (χ3n) is 4.59. The number of rotatable bonds is 4. The van der Waals surface area contributed by atoms with Gasteiger partial charge in [0.1, 0.15) is 5.75 Å². The number of sulfonamides is 1. The number of aromatic amines is 2. The van der Waals surface area contributed by atoms with Crippen molar-refractivity contribution in [3.63, 3.8) is 0 Å². The molecule has 1 aromatic carbocycles. The summed E-state index contributed by atoms with van der Waals surface area (Å²) in [6, 6.07) is 6.23. The third-order valence-corrected chi connectivity index (χ3v) is 6.61. The van der Waals surface area contributed by atoms with E-state index in [0.29, 0.717) is 12.8 Å². The minimum absolute atomic E-state index is 0.0606. The molecule has 0 spiro atoms. The molecule has 4 N–H and O–H groups in total. The van der Waals surface area contributed by atoms with Crippen molar-refractivity contribution < 1.29 is 18.3 Å². The van der Waals surface area contributed by atoms with Crippen LogP contribution < -0.4 is 16.6 Å². The van der Waals surface area contributed by atoms with Gasteiger partial charge >= 0.3 is 5.69 Å². The number of nitrogens with one attached hydrogen (secondary N) is 3. The van der Waals surface area contributed by atoms with Gasteiger partial charge in [0.2, 0.25) is 15.9 Å². The molecule has 1 atom stereocenters. The molecule has 1 aliphatic rings. The number of nitrogens with zero attached hydrogens (tertiary/aromatic N) is 1. The number of piperidine rings is 1. The number of benzene rings is 1. The zero-order chi connectivity index (χ0) is 20.5. The van der Waals surface area contributed by atoms with E-state index in [-0.39, 0.29) is 30.2 Å². The van der Waals surface area contributed by atoms with Gasteiger partial charge in [0, 0.05) is 18.8 Å². The van der Waals surface area contributed by atoms with Crippen molar-refractivity contribution in [1.82, 2.24) is 14.3 Å². The lowest BCUT2D eigenvalue weighted by Crippen LogP contribution is -2.45. The Hall–Kier alpha value is -2.92. The molecule has 11 heteroatoms. The van der Waals surface area contributed by atoms with Crippen LogP contribution in [0.25, 0.3) is 0 Å². The molecule has 150 valence electrons. The van der Waals surface area contributed by atoms with E-state index in [4.69, 9.17) is 0 Å². The van der Waals surface area contributed by atoms with Gasteiger partial charge in [-0.2, -0.15) is 4.31 Å². The highest BCUT2D eigenvalue weighted by Gasteiger charge is 2.36. The second-order valence-corrected chi connectivity index (χ2v) is 8.45. The molecule has 0 bridgehead atoms. The van der Waals surface area contributed by atoms with Crippen molar-refractivity contribution in [3.8, 4) is 5.75 Å². The van der Waals surface area contributed by atoms with Crippen LogP contribution in [0.5, 0.6) is 5.75 Å². The number of aromatic hydroxyl groups is 1. The first-order chi connectivity index (χ1) is 13.2. The standard InChI is InChI=1S/C17H20N4O6S/c1-10-14(16(24)20-17(25)18-10)28(26,27)21-8-4-5-11(9-21)15(23)19-12-6-2-3-7-13(12)22/h2-3,6-7,11,22H,4-5,8-9H2,1H3,(H,19,23)(H2,18,20,24,25). The minimum Gasteiger partial charge on any atom is -0.506 e. The number of amides is 1. The summed E-state index contributed by atoms with van der Waals surface area (Å²) >= 11 is 0. The number of hydrogen-bond acceptors (Lipinski definition) is 6. The molecule has 0 saturated carbocycles. The van der Waals surface area contributed by atoms with Crippen molar-refractivity contribution >= 4 is 21.6 Å². The summed E-state index contributed by atoms with van der Waals surface area (Å²) in [5.41, 5.74) is -1.61. The molecular weight excluding hydrogens is 388 g/mol. The molecule has 1 saturated heterocycles. The number of aromatic nitrogens is 2. The van der Waals surface area contributed by atoms with Crippen LogP contribution in [0.2, 0.25) is 0 Å². The summed E-state index contributed by atoms with van der Waals surface area (Å²) < 4.78 is 26.9. The number of hydrogen-bond donors (Lipinski definition) is 4. The van der Waals surface area contributed by atoms with Gasteiger partial charge in [0.15, 0.2) is 4.90 Å². The van der Waals surface area contributed by atoms with Gasteiger partial charge in [0.05, 0.1) is 11.6 Å². The van der Waals surface area contributed by atoms with E-state index in [2.05, 4.69) is 10.3 Å². The third kappa shape index (κ3) is 3.85. The van der Waals surface area contributed by atoms with Crippen molar-refractivity contribution in [2.24, 2.45) is 5.92 Å². The predicted molar refractivity (Wildman–Crippen MR) is 101 cm³/mol. The fraction of sp³-hybridized carbons (Fsp3) is 0.353. The molecule has 0 aliphatic carbocycles. The van der Waals surface area contributed by atoms with E-state index in [1.165, 1.54) is 19.1 Å². The highest BCUT2D eigenvalue weighted by atomic mass is 32.2. The zero-order valence-corrected chi connectivity index (χ0v) is 15.9. The molecule has 10 nitrogen and oxygen atoms in total. The smallest absolute Gasteiger partial charge is 0.325 e. The van der Waals surface area contributed by atoms with Gasteiger partial charge in [-0.3, -0.25) is 14.6 Å². The second-order valence-electron chi connectivity index (χ2n) is 6.57. The molecule has 1 aromatic heterocycles. The van der Waals surface area contributed by atoms with Crippen molar-refractivity contribution in [1.29, 1.82) is 0 Å². The summed E-state index contributed by atoms with van der Waals surface area (Å²) in [6.45, 7) is 1.37. The summed E-state index contributed by atoms with van der Waals surface area (Å²) in [7, 11) is -4.20. The molecule has 0 radical (unpaired) electrons. The number of aryl methyl sites for hydroxylation is 1. The maximum absolute atomic E-state index is 12.9. The molecule has 2 heterocycles. The molecule has 1 amide bonds. The van der Waals surface area contributed by atoms with Crippen molar-refractivity contribution in [3.05, 3.63) is 50.8 Å². The van der Waals surface area contributed by atoms with Crippen LogP contribution in [-0.4, -0.2) is 46.8 Å². The average Bonchev–Trinajstić information content (AvgIpc) is 2.62. The van der Waals surface area contributed by atoms with E-state index in [0.717, 1.165) is 4.31 Å². The molecular formula is C17H20N4O6S. The highest BCUT2D eigenvalue weighted by molar-refractivity contribution is 7.89. The quantitative estimate of drug-likeness (QED) is 0.527. The van der Waals surface area contributed by atoms with Crippen molar-refractivity contribution in [2.75, 3.05) is 18.4 Å². The average molecular weight is 408 g/mol. The summed E-state index contributed by atoms with van der Waals surface area (Å²) in [6.07, 6.45) is 0.894. The first kappa shape index (κ1) is 19.8. The number of phenols is 1. The fourth-order valence-electron chi connectivity index (χ4n) is 3.22. The van der Waals surface area contributed by atoms with Gasteiger partial charge in [-0.1, -0.05) is 12.1 Å². The Morgan fingerprint density at radius 1 is 1.25 bits per heavy atom. The summed E-state index contributed by atoms with van der Waals surface area (Å²) in [5, 5.41) is 12.4. The van der Waals surface area contributed by atoms with E-state index >= 15 is 0 Å². The van der Waals surface area contributed by atoms with E-state index in [9.17, 15) is 27.9 Å². The molecule has 28 heavy (non-hydrogen) atoms. The summed E-state index contributed by atoms with van der Waals surface area (Å²) in [5.74, 6) is -1.16. The Bertz CT molecular complexity index is 1120. The van der Waals surface area contributed by atoms with Crippen LogP contribution in [0.1, 0.15) is 18.5 Å². The topological polar surface area (TPSA) is 152 Å². The van der Waals surface area contributed by atoms with Gasteiger partial charge in [-0.05, 0) is 31.9 Å². The number of carbonyl (C=O) groups excluding carboxylic acids is 1. The van der Waals surface area contributed by atoms with Crippen LogP contribution in [0, 0.1) is 12.8 Å². The number of anilines is 1. The maximum atomic E-state index is 12.9. The number of H-pyrrole nitrogens is 2. The van der Waals surface area contributed by atoms with Gasteiger partial charge in [-0.15, -0.1) is 0 Å². The Morgan fingerprint density at radius 2 is 1.96 bits per heavy atom. The first-order valence-electron chi connectivity index (χ1n) is 8.62. The van der Waals surface area contributed by atoms with Crippen molar-refractivity contribution in [2.45, 2.75) is 24.7 Å². The minimum atomic E-state index is -4.20. The molecule has 3 rings (SSSR count). The lowest BCUT2D eigenvalue weighted by atomic mass is 9.98. The van der Waals surface area contributed by atoms with Crippen LogP contribution in [0.4, 0.5) is 5.69 Å². The molecule has 1 unspecified atom stereocenters. The molecule has 2 aromatic rings. The SMILES string of the molecule is Cc1[nH]c(=O)[nH]c(=O)c1S(=O)(=O)N1CCCC(C(=O)Nc2ccccc2O)C1. The lowest BCUT2D eigenvalue weighted by molar-refractivity contribution is -0.120. The van der Waals surface area contributed by atoms with Crippen LogP contribution in [0.15, 0.2) is 38.8 Å². The number of carbonyl (C=O) groups is 1. The largest absolute Gasteiger partial charge is 0.506 e. The van der Waals surface area contributed by atoms with Gasteiger partial charge < -0.3 is 15.4 Å². The highest BCUT2D eigenvalue weighted by Crippen LogP contribution is 2.26. The molecule has 1 aliphatic heterocycles. The van der Waals surface area contributed by atoms with Gasteiger partial charge in [0.25, 0.3) is 5.56 Å². The monoisotopic (exact) mass is 408 g/mol. The zero-order valence-electron chi connectivity index (χ0n) is 15.1. The first-order valence-corrected chi connectivity index (χ1v) is 10.1. The Balaban J connectivity index is 1.83. The maximum Gasteiger partial charge on any atom is 0.325 e. The van der Waals surface area contributed by atoms with Crippen LogP contribution in [0.3, 0.4) is 0 Å². The summed E-state index contributed by atoms with van der Waals surface area (Å²) in [4.78, 5) is 39.6. The Labute approximate surface area is 160 Å². The lowest BCUT2D eigenvalue weighted by Gasteiger charge is -2.31. The second kappa shape index (κ2) is 7.60. The fourth-order valence-corrected chi connectivity index (χ4v) is 4.94. The predicted octanol–water partition coefficient (Wildman–Crippen LogP) is 0.117. The van der Waals surface area contributed by atoms with E-state index in [1.54, 1.807) is 12.1 Å². The van der Waals surface area contributed by atoms with E-state index < -0.39 is 38.0 Å². The normalized spacial score (nSPS) is 18.0.